The minimum Gasteiger partial charge on any atom is -0.370 e. The van der Waals surface area contributed by atoms with Crippen LogP contribution in [0.4, 0.5) is 4.79 Å². The lowest BCUT2D eigenvalue weighted by molar-refractivity contribution is -0.150. The van der Waals surface area contributed by atoms with Gasteiger partial charge in [-0.15, -0.1) is 0 Å². The van der Waals surface area contributed by atoms with Crippen molar-refractivity contribution >= 4 is 17.9 Å². The Morgan fingerprint density at radius 1 is 1.29 bits per heavy atom. The van der Waals surface area contributed by atoms with E-state index in [4.69, 9.17) is 11.5 Å². The summed E-state index contributed by atoms with van der Waals surface area (Å²) in [4.78, 5) is 35.5. The molecular weight excluding hydrogens is 192 g/mol. The zero-order valence-electron chi connectivity index (χ0n) is 7.36. The molecule has 1 atom stereocenters. The van der Waals surface area contributed by atoms with Crippen LogP contribution in [0.1, 0.15) is 12.8 Å². The van der Waals surface area contributed by atoms with Crippen molar-refractivity contribution < 1.29 is 19.2 Å². The molecule has 80 valence electrons. The summed E-state index contributed by atoms with van der Waals surface area (Å²) in [5, 5.41) is 0. The van der Waals surface area contributed by atoms with Gasteiger partial charge in [0.1, 0.15) is 6.04 Å². The maximum Gasteiger partial charge on any atom is 0.348 e. The molecule has 0 aromatic heterocycles. The van der Waals surface area contributed by atoms with Gasteiger partial charge in [0.2, 0.25) is 5.91 Å². The van der Waals surface area contributed by atoms with Crippen molar-refractivity contribution in [3.63, 3.8) is 0 Å². The summed E-state index contributed by atoms with van der Waals surface area (Å²) in [5.41, 5.74) is 16.3. The fourth-order valence-corrected chi connectivity index (χ4v) is 0.592. The van der Waals surface area contributed by atoms with Crippen molar-refractivity contribution in [2.45, 2.75) is 18.9 Å². The molecule has 0 radical (unpaired) electrons. The third-order valence-corrected chi connectivity index (χ3v) is 1.26. The molecule has 0 saturated heterocycles. The van der Waals surface area contributed by atoms with Crippen molar-refractivity contribution in [2.24, 2.45) is 17.2 Å². The van der Waals surface area contributed by atoms with Crippen LogP contribution in [-0.4, -0.2) is 23.9 Å². The summed E-state index contributed by atoms with van der Waals surface area (Å²) in [7, 11) is 0. The molecule has 0 saturated carbocycles. The van der Waals surface area contributed by atoms with Crippen molar-refractivity contribution in [3.05, 3.63) is 0 Å². The Bertz CT molecular complexity index is 242. The predicted molar refractivity (Wildman–Crippen MR) is 45.2 cm³/mol. The van der Waals surface area contributed by atoms with Gasteiger partial charge in [-0.2, -0.15) is 5.48 Å². The van der Waals surface area contributed by atoms with E-state index >= 15 is 0 Å². The Hall–Kier alpha value is -1.83. The summed E-state index contributed by atoms with van der Waals surface area (Å²) in [6.07, 6.45) is 0.0153. The molecule has 0 fully saturated rings. The molecule has 14 heavy (non-hydrogen) atoms. The molecule has 3 amide bonds. The van der Waals surface area contributed by atoms with Crippen LogP contribution in [0, 0.1) is 0 Å². The summed E-state index contributed by atoms with van der Waals surface area (Å²) in [5.74, 6) is -1.46. The Kier molecular flexibility index (Phi) is 5.00. The number of hydrogen-bond donors (Lipinski definition) is 4. The topological polar surface area (TPSA) is 151 Å². The first-order chi connectivity index (χ1) is 6.43. The van der Waals surface area contributed by atoms with Gasteiger partial charge in [0.15, 0.2) is 0 Å². The first kappa shape index (κ1) is 12.2. The molecule has 8 heteroatoms. The van der Waals surface area contributed by atoms with E-state index in [1.165, 1.54) is 0 Å². The Morgan fingerprint density at radius 2 is 1.86 bits per heavy atom. The van der Waals surface area contributed by atoms with Gasteiger partial charge in [-0.1, -0.05) is 0 Å². The lowest BCUT2D eigenvalue weighted by Gasteiger charge is -2.08. The smallest absolute Gasteiger partial charge is 0.348 e. The van der Waals surface area contributed by atoms with Gasteiger partial charge in [0.25, 0.3) is 0 Å². The van der Waals surface area contributed by atoms with Gasteiger partial charge in [0.05, 0.1) is 0 Å². The monoisotopic (exact) mass is 204 g/mol. The second-order valence-corrected chi connectivity index (χ2v) is 2.50. The first-order valence-electron chi connectivity index (χ1n) is 3.73. The zero-order chi connectivity index (χ0) is 11.1. The highest BCUT2D eigenvalue weighted by Gasteiger charge is 2.16. The largest absolute Gasteiger partial charge is 0.370 e. The van der Waals surface area contributed by atoms with Gasteiger partial charge >= 0.3 is 12.0 Å². The van der Waals surface area contributed by atoms with Crippen LogP contribution in [0.15, 0.2) is 0 Å². The minimum absolute atomic E-state index is 0.0349. The number of primary amides is 2. The van der Waals surface area contributed by atoms with Gasteiger partial charge in [-0.05, 0) is 6.42 Å². The average molecular weight is 204 g/mol. The van der Waals surface area contributed by atoms with Crippen LogP contribution >= 0.6 is 0 Å². The average Bonchev–Trinajstić information content (AvgIpc) is 2.09. The highest BCUT2D eigenvalue weighted by Crippen LogP contribution is 1.95. The van der Waals surface area contributed by atoms with E-state index in [1.54, 1.807) is 5.48 Å². The molecule has 0 aliphatic rings. The van der Waals surface area contributed by atoms with E-state index in [2.05, 4.69) is 10.6 Å². The number of urea groups is 1. The predicted octanol–water partition coefficient (Wildman–Crippen LogP) is -2.29. The van der Waals surface area contributed by atoms with Crippen molar-refractivity contribution in [2.75, 3.05) is 0 Å². The molecule has 0 unspecified atom stereocenters. The van der Waals surface area contributed by atoms with E-state index in [1.807, 2.05) is 0 Å². The van der Waals surface area contributed by atoms with Crippen LogP contribution in [0.2, 0.25) is 0 Å². The van der Waals surface area contributed by atoms with Gasteiger partial charge in [-0.3, -0.25) is 4.79 Å². The van der Waals surface area contributed by atoms with Crippen molar-refractivity contribution in [1.82, 2.24) is 5.48 Å². The first-order valence-corrected chi connectivity index (χ1v) is 3.73. The summed E-state index contributed by atoms with van der Waals surface area (Å²) in [6, 6.07) is -2.03. The lowest BCUT2D eigenvalue weighted by Crippen LogP contribution is -2.40. The summed E-state index contributed by atoms with van der Waals surface area (Å²) in [6.45, 7) is 0. The SMILES string of the molecule is NC(=O)CC[C@H](N)C(=O)ONC(N)=O. The molecule has 7 N–H and O–H groups in total. The number of hydrogen-bond acceptors (Lipinski definition) is 5. The highest BCUT2D eigenvalue weighted by atomic mass is 16.7. The Morgan fingerprint density at radius 3 is 2.29 bits per heavy atom. The Labute approximate surface area is 79.7 Å². The van der Waals surface area contributed by atoms with Gasteiger partial charge in [0, 0.05) is 6.42 Å². The molecule has 0 aromatic carbocycles. The molecule has 0 aromatic rings. The van der Waals surface area contributed by atoms with Gasteiger partial charge in [-0.25, -0.2) is 9.59 Å². The summed E-state index contributed by atoms with van der Waals surface area (Å²) >= 11 is 0. The maximum atomic E-state index is 10.9. The molecular formula is C6H12N4O4. The molecule has 0 spiro atoms. The number of carbonyl (C=O) groups is 3. The van der Waals surface area contributed by atoms with Crippen LogP contribution in [0.25, 0.3) is 0 Å². The number of hydroxylamine groups is 1. The van der Waals surface area contributed by atoms with Crippen molar-refractivity contribution in [3.8, 4) is 0 Å². The second-order valence-electron chi connectivity index (χ2n) is 2.50. The van der Waals surface area contributed by atoms with Gasteiger partial charge < -0.3 is 22.0 Å². The lowest BCUT2D eigenvalue weighted by atomic mass is 10.2. The standard InChI is InChI=1S/C6H12N4O4/c7-3(1-2-4(8)11)5(12)14-10-6(9)13/h3H,1-2,7H2,(H2,8,11)(H3,9,10,13)/t3-/m0/s1. The molecule has 8 nitrogen and oxygen atoms in total. The van der Waals surface area contributed by atoms with Crippen LogP contribution in [-0.2, 0) is 14.4 Å². The fraction of sp³-hybridized carbons (Fsp3) is 0.500. The zero-order valence-corrected chi connectivity index (χ0v) is 7.36. The van der Waals surface area contributed by atoms with E-state index in [0.717, 1.165) is 0 Å². The molecule has 0 aliphatic heterocycles. The fourth-order valence-electron chi connectivity index (χ4n) is 0.592. The number of carbonyl (C=O) groups excluding carboxylic acids is 3. The second kappa shape index (κ2) is 5.75. The highest BCUT2D eigenvalue weighted by molar-refractivity contribution is 5.79. The van der Waals surface area contributed by atoms with E-state index in [-0.39, 0.29) is 12.8 Å². The normalized spacial score (nSPS) is 11.5. The number of nitrogens with one attached hydrogen (secondary N) is 1. The minimum atomic E-state index is -1.02. The Balaban J connectivity index is 3.76. The number of rotatable bonds is 4. The maximum absolute atomic E-state index is 10.9. The van der Waals surface area contributed by atoms with Crippen molar-refractivity contribution in [1.29, 1.82) is 0 Å². The third-order valence-electron chi connectivity index (χ3n) is 1.26. The third kappa shape index (κ3) is 5.77. The molecule has 0 rings (SSSR count). The number of amides is 3. The van der Waals surface area contributed by atoms with Crippen LogP contribution in [0.5, 0.6) is 0 Å². The number of nitrogens with two attached hydrogens (primary N) is 3. The summed E-state index contributed by atoms with van der Waals surface area (Å²) < 4.78 is 0. The quantitative estimate of drug-likeness (QED) is 0.380. The molecule has 0 bridgehead atoms. The van der Waals surface area contributed by atoms with E-state index in [0.29, 0.717) is 0 Å². The van der Waals surface area contributed by atoms with Crippen LogP contribution in [0.3, 0.4) is 0 Å². The van der Waals surface area contributed by atoms with Crippen LogP contribution < -0.4 is 22.7 Å². The molecule has 0 aliphatic carbocycles. The van der Waals surface area contributed by atoms with E-state index in [9.17, 15) is 14.4 Å². The van der Waals surface area contributed by atoms with E-state index < -0.39 is 23.9 Å². The molecule has 0 heterocycles.